The van der Waals surface area contributed by atoms with Crippen molar-refractivity contribution in [3.63, 3.8) is 0 Å². The van der Waals surface area contributed by atoms with Crippen LogP contribution in [0.1, 0.15) is 44.6 Å². The molecule has 4 rings (SSSR count). The van der Waals surface area contributed by atoms with Crippen molar-refractivity contribution in [1.82, 2.24) is 0 Å². The number of ether oxygens (including phenoxy) is 3. The Kier molecular flexibility index (Phi) is 5.90. The summed E-state index contributed by atoms with van der Waals surface area (Å²) >= 11 is 0. The molecule has 0 amide bonds. The van der Waals surface area contributed by atoms with E-state index in [-0.39, 0.29) is 25.7 Å². The van der Waals surface area contributed by atoms with E-state index in [4.69, 9.17) is 14.2 Å². The van der Waals surface area contributed by atoms with Crippen LogP contribution in [-0.2, 0) is 30.4 Å². The van der Waals surface area contributed by atoms with Gasteiger partial charge in [0, 0.05) is 16.7 Å². The van der Waals surface area contributed by atoms with E-state index in [1.807, 2.05) is 6.07 Å². The van der Waals surface area contributed by atoms with Gasteiger partial charge < -0.3 is 14.2 Å². The van der Waals surface area contributed by atoms with Gasteiger partial charge in [-0.25, -0.2) is 9.18 Å². The largest absolute Gasteiger partial charge is 0.464 e. The molecule has 1 aromatic carbocycles. The molecule has 0 N–H and O–H groups in total. The van der Waals surface area contributed by atoms with Crippen molar-refractivity contribution >= 4 is 11.9 Å². The topological polar surface area (TPSA) is 111 Å². The van der Waals surface area contributed by atoms with Crippen LogP contribution in [0.5, 0.6) is 0 Å². The zero-order valence-electron chi connectivity index (χ0n) is 17.4. The molecule has 0 radical (unpaired) electrons. The fourth-order valence-electron chi connectivity index (χ4n) is 5.24. The van der Waals surface area contributed by atoms with Crippen LogP contribution < -0.4 is 0 Å². The van der Waals surface area contributed by atoms with Crippen molar-refractivity contribution in [1.29, 1.82) is 0 Å². The molecule has 3 fully saturated rings. The summed E-state index contributed by atoms with van der Waals surface area (Å²) in [7, 11) is 0. The average molecular weight is 431 g/mol. The lowest BCUT2D eigenvalue weighted by molar-refractivity contribution is -0.165. The Balaban J connectivity index is 1.63. The van der Waals surface area contributed by atoms with Crippen LogP contribution in [0.15, 0.2) is 35.4 Å². The molecule has 3 aliphatic carbocycles. The third kappa shape index (κ3) is 3.55. The van der Waals surface area contributed by atoms with Crippen LogP contribution in [0.3, 0.4) is 0 Å². The van der Waals surface area contributed by atoms with Crippen LogP contribution >= 0.6 is 0 Å². The summed E-state index contributed by atoms with van der Waals surface area (Å²) in [5.41, 5.74) is 5.72. The van der Waals surface area contributed by atoms with Crippen molar-refractivity contribution in [2.75, 3.05) is 6.61 Å². The molecule has 3 saturated carbocycles. The van der Waals surface area contributed by atoms with E-state index >= 15 is 4.39 Å². The Bertz CT molecular complexity index is 886. The first-order chi connectivity index (χ1) is 15.0. The maximum Gasteiger partial charge on any atom is 0.344 e. The van der Waals surface area contributed by atoms with Gasteiger partial charge in [-0.3, -0.25) is 4.79 Å². The molecular weight excluding hydrogens is 405 g/mol. The number of hydrogen-bond donors (Lipinski definition) is 0. The van der Waals surface area contributed by atoms with Gasteiger partial charge in [-0.15, -0.1) is 0 Å². The molecule has 9 heteroatoms. The number of fused-ring (bicyclic) bond motifs is 1. The predicted molar refractivity (Wildman–Crippen MR) is 107 cm³/mol. The van der Waals surface area contributed by atoms with Gasteiger partial charge in [0.1, 0.15) is 6.61 Å². The standard InChI is InChI=1S/C22H26FN3O5/c1-2-29-19(27)21(23)16-12-17(31-15-10-6-7-11-15)22(18(16)21,25-26-24)20(28)30-13-14-8-4-3-5-9-14/h3-5,8-9,15-18H,2,6-7,10-13H2,1H3/t16-,17-,18+,21-,22+/m1/s1. The minimum Gasteiger partial charge on any atom is -0.464 e. The van der Waals surface area contributed by atoms with Crippen molar-refractivity contribution in [3.05, 3.63) is 46.3 Å². The Morgan fingerprint density at radius 1 is 1.19 bits per heavy atom. The van der Waals surface area contributed by atoms with E-state index in [9.17, 15) is 15.1 Å². The van der Waals surface area contributed by atoms with Gasteiger partial charge in [0.25, 0.3) is 0 Å². The summed E-state index contributed by atoms with van der Waals surface area (Å²) in [6.07, 6.45) is 2.83. The minimum absolute atomic E-state index is 0.0128. The van der Waals surface area contributed by atoms with E-state index in [1.54, 1.807) is 31.2 Å². The molecule has 31 heavy (non-hydrogen) atoms. The zero-order chi connectivity index (χ0) is 22.1. The highest BCUT2D eigenvalue weighted by Gasteiger charge is 2.86. The number of nitrogens with zero attached hydrogens (tertiary/aromatic N) is 3. The molecule has 0 heterocycles. The molecule has 3 aliphatic rings. The van der Waals surface area contributed by atoms with Gasteiger partial charge in [-0.2, -0.15) is 0 Å². The predicted octanol–water partition coefficient (Wildman–Crippen LogP) is 4.03. The smallest absolute Gasteiger partial charge is 0.344 e. The van der Waals surface area contributed by atoms with Crippen LogP contribution in [-0.4, -0.2) is 42.0 Å². The van der Waals surface area contributed by atoms with E-state index in [2.05, 4.69) is 10.0 Å². The quantitative estimate of drug-likeness (QED) is 0.267. The highest BCUT2D eigenvalue weighted by atomic mass is 19.1. The summed E-state index contributed by atoms with van der Waals surface area (Å²) in [4.78, 5) is 28.6. The van der Waals surface area contributed by atoms with Gasteiger partial charge in [-0.1, -0.05) is 48.3 Å². The van der Waals surface area contributed by atoms with Crippen molar-refractivity contribution in [2.24, 2.45) is 17.0 Å². The number of azide groups is 1. The molecule has 0 saturated heterocycles. The fourth-order valence-corrected chi connectivity index (χ4v) is 5.24. The second kappa shape index (κ2) is 8.48. The Hall–Kier alpha value is -2.64. The zero-order valence-corrected chi connectivity index (χ0v) is 17.4. The number of benzene rings is 1. The Labute approximate surface area is 179 Å². The molecule has 0 aromatic heterocycles. The van der Waals surface area contributed by atoms with Crippen molar-refractivity contribution in [3.8, 4) is 0 Å². The number of hydrogen-bond acceptors (Lipinski definition) is 6. The van der Waals surface area contributed by atoms with E-state index < -0.39 is 41.1 Å². The van der Waals surface area contributed by atoms with Gasteiger partial charge in [0.2, 0.25) is 5.67 Å². The van der Waals surface area contributed by atoms with E-state index in [0.29, 0.717) is 0 Å². The van der Waals surface area contributed by atoms with Crippen molar-refractivity contribution < 1.29 is 28.2 Å². The maximum atomic E-state index is 15.7. The molecule has 0 aliphatic heterocycles. The van der Waals surface area contributed by atoms with E-state index in [1.165, 1.54) is 0 Å². The molecular formula is C22H26FN3O5. The van der Waals surface area contributed by atoms with E-state index in [0.717, 1.165) is 31.2 Å². The summed E-state index contributed by atoms with van der Waals surface area (Å²) in [6, 6.07) is 9.01. The molecule has 166 valence electrons. The third-order valence-corrected chi connectivity index (χ3v) is 6.72. The SMILES string of the molecule is CCOC(=O)[C@@]1(F)[C@@H]2C[C@@H](OC3CCCC3)[C@@](N=[N+]=[N-])(C(=O)OCc3ccccc3)[C@@H]21. The molecule has 8 nitrogen and oxygen atoms in total. The van der Waals surface area contributed by atoms with Crippen LogP contribution in [0.2, 0.25) is 0 Å². The summed E-state index contributed by atoms with van der Waals surface area (Å²) in [5, 5.41) is 3.78. The highest BCUT2D eigenvalue weighted by Crippen LogP contribution is 2.70. The average Bonchev–Trinajstić information content (AvgIpc) is 3.10. The van der Waals surface area contributed by atoms with Crippen LogP contribution in [0, 0.1) is 11.8 Å². The first-order valence-corrected chi connectivity index (χ1v) is 10.8. The molecule has 0 bridgehead atoms. The number of rotatable bonds is 8. The Morgan fingerprint density at radius 3 is 2.55 bits per heavy atom. The summed E-state index contributed by atoms with van der Waals surface area (Å²) in [6.45, 7) is 1.54. The summed E-state index contributed by atoms with van der Waals surface area (Å²) in [5.74, 6) is -3.87. The molecule has 5 atom stereocenters. The summed E-state index contributed by atoms with van der Waals surface area (Å²) < 4.78 is 32.3. The monoisotopic (exact) mass is 431 g/mol. The van der Waals surface area contributed by atoms with Crippen LogP contribution in [0.4, 0.5) is 4.39 Å². The second-order valence-corrected chi connectivity index (χ2v) is 8.42. The van der Waals surface area contributed by atoms with Gasteiger partial charge in [-0.05, 0) is 37.3 Å². The van der Waals surface area contributed by atoms with Crippen molar-refractivity contribution in [2.45, 2.75) is 69.1 Å². The molecule has 0 spiro atoms. The first kappa shape index (κ1) is 21.6. The lowest BCUT2D eigenvalue weighted by atomic mass is 9.87. The highest BCUT2D eigenvalue weighted by molar-refractivity contribution is 5.92. The van der Waals surface area contributed by atoms with Gasteiger partial charge in [0.15, 0.2) is 5.54 Å². The van der Waals surface area contributed by atoms with Gasteiger partial charge >= 0.3 is 11.9 Å². The first-order valence-electron chi connectivity index (χ1n) is 10.8. The minimum atomic E-state index is -2.38. The molecule has 1 aromatic rings. The number of halogens is 1. The van der Waals surface area contributed by atoms with Crippen LogP contribution in [0.25, 0.3) is 10.4 Å². The second-order valence-electron chi connectivity index (χ2n) is 8.42. The lowest BCUT2D eigenvalue weighted by Gasteiger charge is -2.34. The number of alkyl halides is 1. The fraction of sp³-hybridized carbons (Fsp3) is 0.636. The number of carbonyl (C=O) groups is 2. The molecule has 0 unspecified atom stereocenters. The van der Waals surface area contributed by atoms with Gasteiger partial charge in [0.05, 0.1) is 18.8 Å². The Morgan fingerprint density at radius 2 is 1.90 bits per heavy atom. The number of carbonyl (C=O) groups excluding carboxylic acids is 2. The lowest BCUT2D eigenvalue weighted by Crippen LogP contribution is -2.53. The normalized spacial score (nSPS) is 33.9. The third-order valence-electron chi connectivity index (χ3n) is 6.72. The number of esters is 2. The maximum absolute atomic E-state index is 15.7.